The molecular weight excluding hydrogens is 403 g/mol. The number of ether oxygens (including phenoxy) is 1. The van der Waals surface area contributed by atoms with Gasteiger partial charge in [0.2, 0.25) is 5.43 Å². The Morgan fingerprint density at radius 2 is 1.86 bits per heavy atom. The normalized spacial score (nSPS) is 10.8. The van der Waals surface area contributed by atoms with Gasteiger partial charge in [0, 0.05) is 10.6 Å². The molecule has 0 N–H and O–H groups in total. The number of hydrogen-bond acceptors (Lipinski definition) is 3. The van der Waals surface area contributed by atoms with Crippen molar-refractivity contribution in [3.63, 3.8) is 0 Å². The summed E-state index contributed by atoms with van der Waals surface area (Å²) in [5.74, 6) is 1.31. The van der Waals surface area contributed by atoms with Gasteiger partial charge in [-0.25, -0.2) is 0 Å². The highest BCUT2D eigenvalue weighted by molar-refractivity contribution is 14.1. The minimum atomic E-state index is -0.0785. The molecule has 0 saturated heterocycles. The van der Waals surface area contributed by atoms with Gasteiger partial charge < -0.3 is 9.15 Å². The number of fused-ring (bicyclic) bond motifs is 1. The van der Waals surface area contributed by atoms with Gasteiger partial charge in [-0.3, -0.25) is 4.79 Å². The molecule has 5 heteroatoms. The SMILES string of the molecule is COc1ccc(-c2oc3ccc(Cl)cc3c(=O)c2I)cc1. The average Bonchev–Trinajstić information content (AvgIpc) is 2.51. The van der Waals surface area contributed by atoms with E-state index in [4.69, 9.17) is 20.8 Å². The second-order valence-corrected chi connectivity index (χ2v) is 5.96. The summed E-state index contributed by atoms with van der Waals surface area (Å²) < 4.78 is 11.5. The Morgan fingerprint density at radius 1 is 1.14 bits per heavy atom. The minimum Gasteiger partial charge on any atom is -0.497 e. The lowest BCUT2D eigenvalue weighted by molar-refractivity contribution is 0.415. The van der Waals surface area contributed by atoms with E-state index in [-0.39, 0.29) is 5.43 Å². The van der Waals surface area contributed by atoms with E-state index in [0.29, 0.717) is 25.3 Å². The molecule has 0 radical (unpaired) electrons. The van der Waals surface area contributed by atoms with Gasteiger partial charge in [0.15, 0.2) is 5.76 Å². The lowest BCUT2D eigenvalue weighted by Crippen LogP contribution is -2.07. The van der Waals surface area contributed by atoms with Crippen LogP contribution < -0.4 is 10.2 Å². The van der Waals surface area contributed by atoms with Crippen LogP contribution in [0.15, 0.2) is 51.7 Å². The van der Waals surface area contributed by atoms with Crippen LogP contribution in [-0.4, -0.2) is 7.11 Å². The summed E-state index contributed by atoms with van der Waals surface area (Å²) in [6, 6.07) is 12.4. The lowest BCUT2D eigenvalue weighted by atomic mass is 10.1. The van der Waals surface area contributed by atoms with Crippen molar-refractivity contribution >= 4 is 45.2 Å². The molecule has 0 saturated carbocycles. The summed E-state index contributed by atoms with van der Waals surface area (Å²) in [5.41, 5.74) is 1.27. The third kappa shape index (κ3) is 2.65. The third-order valence-corrected chi connectivity index (χ3v) is 4.36. The summed E-state index contributed by atoms with van der Waals surface area (Å²) in [5, 5.41) is 1.01. The zero-order valence-corrected chi connectivity index (χ0v) is 13.9. The van der Waals surface area contributed by atoms with Gasteiger partial charge in [-0.15, -0.1) is 0 Å². The summed E-state index contributed by atoms with van der Waals surface area (Å²) in [7, 11) is 1.61. The van der Waals surface area contributed by atoms with Gasteiger partial charge in [0.25, 0.3) is 0 Å². The molecule has 0 aliphatic carbocycles. The van der Waals surface area contributed by atoms with Crippen LogP contribution in [0.25, 0.3) is 22.3 Å². The first-order valence-corrected chi connectivity index (χ1v) is 7.62. The molecule has 3 rings (SSSR count). The molecular formula is C16H10ClIO3. The zero-order valence-electron chi connectivity index (χ0n) is 11.0. The first-order chi connectivity index (χ1) is 10.1. The Kier molecular flexibility index (Phi) is 3.91. The Hall–Kier alpha value is -1.53. The van der Waals surface area contributed by atoms with Crippen molar-refractivity contribution in [3.05, 3.63) is 61.3 Å². The Labute approximate surface area is 139 Å². The van der Waals surface area contributed by atoms with E-state index in [0.717, 1.165) is 11.3 Å². The van der Waals surface area contributed by atoms with E-state index in [9.17, 15) is 4.79 Å². The summed E-state index contributed by atoms with van der Waals surface area (Å²) in [4.78, 5) is 12.4. The fourth-order valence-corrected chi connectivity index (χ4v) is 2.96. The molecule has 1 aromatic heterocycles. The first kappa shape index (κ1) is 14.4. The third-order valence-electron chi connectivity index (χ3n) is 3.15. The van der Waals surface area contributed by atoms with E-state index in [1.807, 2.05) is 46.9 Å². The highest BCUT2D eigenvalue weighted by Gasteiger charge is 2.14. The van der Waals surface area contributed by atoms with Crippen molar-refractivity contribution in [3.8, 4) is 17.1 Å². The van der Waals surface area contributed by atoms with Crippen molar-refractivity contribution in [1.29, 1.82) is 0 Å². The molecule has 0 atom stereocenters. The quantitative estimate of drug-likeness (QED) is 0.572. The molecule has 0 fully saturated rings. The van der Waals surface area contributed by atoms with Crippen LogP contribution >= 0.6 is 34.2 Å². The largest absolute Gasteiger partial charge is 0.497 e. The maximum absolute atomic E-state index is 12.4. The van der Waals surface area contributed by atoms with Gasteiger partial charge in [0.05, 0.1) is 12.5 Å². The van der Waals surface area contributed by atoms with Gasteiger partial charge in [-0.05, 0) is 65.1 Å². The van der Waals surface area contributed by atoms with Gasteiger partial charge in [-0.1, -0.05) is 11.6 Å². The van der Waals surface area contributed by atoms with Crippen molar-refractivity contribution < 1.29 is 9.15 Å². The van der Waals surface area contributed by atoms with E-state index >= 15 is 0 Å². The van der Waals surface area contributed by atoms with Crippen LogP contribution in [0, 0.1) is 3.57 Å². The van der Waals surface area contributed by atoms with Gasteiger partial charge in [-0.2, -0.15) is 0 Å². The molecule has 106 valence electrons. The van der Waals surface area contributed by atoms with Crippen molar-refractivity contribution in [1.82, 2.24) is 0 Å². The van der Waals surface area contributed by atoms with Crippen LogP contribution in [-0.2, 0) is 0 Å². The average molecular weight is 413 g/mol. The van der Waals surface area contributed by atoms with Crippen LogP contribution in [0.3, 0.4) is 0 Å². The van der Waals surface area contributed by atoms with Crippen LogP contribution in [0.5, 0.6) is 5.75 Å². The predicted molar refractivity (Wildman–Crippen MR) is 92.2 cm³/mol. The number of benzene rings is 2. The van der Waals surface area contributed by atoms with E-state index < -0.39 is 0 Å². The number of rotatable bonds is 2. The molecule has 1 heterocycles. The molecule has 0 bridgehead atoms. The van der Waals surface area contributed by atoms with Gasteiger partial charge >= 0.3 is 0 Å². The molecule has 0 amide bonds. The number of hydrogen-bond donors (Lipinski definition) is 0. The standard InChI is InChI=1S/C16H10ClIO3/c1-20-11-5-2-9(3-6-11)16-14(18)15(19)12-8-10(17)4-7-13(12)21-16/h2-8H,1H3. The summed E-state index contributed by atoms with van der Waals surface area (Å²) in [6.07, 6.45) is 0. The van der Waals surface area contributed by atoms with Crippen molar-refractivity contribution in [2.45, 2.75) is 0 Å². The first-order valence-electron chi connectivity index (χ1n) is 6.16. The maximum Gasteiger partial charge on any atom is 0.206 e. The highest BCUT2D eigenvalue weighted by atomic mass is 127. The van der Waals surface area contributed by atoms with Crippen molar-refractivity contribution in [2.24, 2.45) is 0 Å². The molecule has 2 aromatic carbocycles. The Morgan fingerprint density at radius 3 is 2.52 bits per heavy atom. The summed E-state index contributed by atoms with van der Waals surface area (Å²) >= 11 is 7.94. The van der Waals surface area contributed by atoms with E-state index in [1.54, 1.807) is 25.3 Å². The second-order valence-electron chi connectivity index (χ2n) is 4.44. The Bertz CT molecular complexity index is 869. The smallest absolute Gasteiger partial charge is 0.206 e. The minimum absolute atomic E-state index is 0.0785. The second kappa shape index (κ2) is 5.69. The summed E-state index contributed by atoms with van der Waals surface area (Å²) in [6.45, 7) is 0. The van der Waals surface area contributed by atoms with Crippen molar-refractivity contribution in [2.75, 3.05) is 7.11 Å². The topological polar surface area (TPSA) is 39.4 Å². The van der Waals surface area contributed by atoms with E-state index in [1.165, 1.54) is 0 Å². The van der Waals surface area contributed by atoms with E-state index in [2.05, 4.69) is 0 Å². The highest BCUT2D eigenvalue weighted by Crippen LogP contribution is 2.29. The number of halogens is 2. The van der Waals surface area contributed by atoms with Gasteiger partial charge in [0.1, 0.15) is 14.9 Å². The predicted octanol–water partition coefficient (Wildman–Crippen LogP) is 4.73. The molecule has 0 aliphatic heterocycles. The molecule has 3 nitrogen and oxygen atoms in total. The van der Waals surface area contributed by atoms with Crippen LogP contribution in [0.2, 0.25) is 5.02 Å². The molecule has 0 unspecified atom stereocenters. The Balaban J connectivity index is 2.25. The molecule has 3 aromatic rings. The maximum atomic E-state index is 12.4. The molecule has 0 aliphatic rings. The van der Waals surface area contributed by atoms with Crippen LogP contribution in [0.1, 0.15) is 0 Å². The monoisotopic (exact) mass is 412 g/mol. The number of methoxy groups -OCH3 is 1. The lowest BCUT2D eigenvalue weighted by Gasteiger charge is -2.07. The fourth-order valence-electron chi connectivity index (χ4n) is 2.07. The molecule has 21 heavy (non-hydrogen) atoms. The fraction of sp³-hybridized carbons (Fsp3) is 0.0625. The van der Waals surface area contributed by atoms with Crippen LogP contribution in [0.4, 0.5) is 0 Å². The zero-order chi connectivity index (χ0) is 15.0. The molecule has 0 spiro atoms.